The molecule has 1 aliphatic carbocycles. The SMILES string of the molecule is CO[C@]1(C(=O)N[C@@H](C)c2ccc(-n3cc(F)cn3)nc2)CC[C@H](c2nc(Nc3cc(C)[nH]n3)cc3scnc32)CC1. The summed E-state index contributed by atoms with van der Waals surface area (Å²) < 4.78 is 21.6. The van der Waals surface area contributed by atoms with Gasteiger partial charge >= 0.3 is 0 Å². The van der Waals surface area contributed by atoms with E-state index < -0.39 is 11.4 Å². The number of nitrogens with zero attached hydrogens (tertiary/aromatic N) is 6. The molecule has 1 amide bonds. The first-order valence-electron chi connectivity index (χ1n) is 13.4. The minimum absolute atomic E-state index is 0.139. The number of pyridine rings is 2. The van der Waals surface area contributed by atoms with Crippen molar-refractivity contribution in [3.05, 3.63) is 71.1 Å². The molecule has 0 aliphatic heterocycles. The van der Waals surface area contributed by atoms with Crippen molar-refractivity contribution in [1.82, 2.24) is 40.2 Å². The molecule has 0 radical (unpaired) electrons. The quantitative estimate of drug-likeness (QED) is 0.232. The summed E-state index contributed by atoms with van der Waals surface area (Å²) in [6, 6.07) is 7.21. The number of hydrogen-bond acceptors (Lipinski definition) is 9. The molecule has 6 rings (SSSR count). The molecule has 0 unspecified atom stereocenters. The van der Waals surface area contributed by atoms with Gasteiger partial charge in [0.25, 0.3) is 5.91 Å². The smallest absolute Gasteiger partial charge is 0.252 e. The number of aromatic nitrogens is 7. The Morgan fingerprint density at radius 3 is 2.71 bits per heavy atom. The van der Waals surface area contributed by atoms with Gasteiger partial charge in [0.2, 0.25) is 0 Å². The first-order valence-corrected chi connectivity index (χ1v) is 14.3. The van der Waals surface area contributed by atoms with E-state index in [0.717, 1.165) is 52.0 Å². The molecule has 41 heavy (non-hydrogen) atoms. The molecular formula is C28H30FN9O2S. The largest absolute Gasteiger partial charge is 0.368 e. The van der Waals surface area contributed by atoms with Crippen LogP contribution in [0.15, 0.2) is 48.4 Å². The number of ether oxygens (including phenoxy) is 1. The maximum absolute atomic E-state index is 13.5. The minimum Gasteiger partial charge on any atom is -0.368 e. The van der Waals surface area contributed by atoms with Gasteiger partial charge in [-0.2, -0.15) is 10.2 Å². The van der Waals surface area contributed by atoms with Crippen molar-refractivity contribution in [2.24, 2.45) is 0 Å². The predicted molar refractivity (Wildman–Crippen MR) is 153 cm³/mol. The molecule has 13 heteroatoms. The molecule has 5 aromatic rings. The summed E-state index contributed by atoms with van der Waals surface area (Å²) in [5, 5.41) is 17.5. The minimum atomic E-state index is -0.936. The highest BCUT2D eigenvalue weighted by atomic mass is 32.1. The summed E-state index contributed by atoms with van der Waals surface area (Å²) in [5.41, 5.74) is 4.52. The number of aromatic amines is 1. The Balaban J connectivity index is 1.14. The van der Waals surface area contributed by atoms with Crippen LogP contribution in [0.5, 0.6) is 0 Å². The Bertz CT molecular complexity index is 1670. The second kappa shape index (κ2) is 11.0. The Kier molecular flexibility index (Phi) is 7.22. The number of nitrogens with one attached hydrogen (secondary N) is 3. The molecular weight excluding hydrogens is 545 g/mol. The van der Waals surface area contributed by atoms with Crippen molar-refractivity contribution in [3.63, 3.8) is 0 Å². The lowest BCUT2D eigenvalue weighted by Gasteiger charge is -2.38. The molecule has 212 valence electrons. The molecule has 0 bridgehead atoms. The number of carbonyl (C=O) groups is 1. The molecule has 5 heterocycles. The molecule has 1 atom stereocenters. The van der Waals surface area contributed by atoms with E-state index in [9.17, 15) is 9.18 Å². The first kappa shape index (κ1) is 27.0. The van der Waals surface area contributed by atoms with Crippen LogP contribution in [0.1, 0.15) is 61.5 Å². The number of fused-ring (bicyclic) bond motifs is 1. The third-order valence-corrected chi connectivity index (χ3v) is 8.47. The van der Waals surface area contributed by atoms with Gasteiger partial charge in [-0.3, -0.25) is 9.89 Å². The summed E-state index contributed by atoms with van der Waals surface area (Å²) in [6.07, 6.45) is 6.62. The standard InChI is InChI=1S/C28H30FN9O2S/c1-16-10-23(37-36-16)34-22-11-21-26(31-15-41-21)25(35-22)18-6-8-28(40-3,9-7-18)27(39)33-17(2)19-4-5-24(30-12-19)38-14-20(29)13-32-38/h4-5,10-15,17-18H,6-9H2,1-3H3,(H,33,39)(H2,34,35,36,37)/t17-,18-,28+/m0/s1. The highest BCUT2D eigenvalue weighted by Crippen LogP contribution is 2.42. The van der Waals surface area contributed by atoms with E-state index in [2.05, 4.69) is 35.9 Å². The number of rotatable bonds is 8. The first-order chi connectivity index (χ1) is 19.8. The van der Waals surface area contributed by atoms with Gasteiger partial charge in [0.05, 0.1) is 34.3 Å². The number of methoxy groups -OCH3 is 1. The summed E-state index contributed by atoms with van der Waals surface area (Å²) in [7, 11) is 1.59. The normalized spacial score (nSPS) is 19.8. The molecule has 1 aliphatic rings. The number of halogens is 1. The monoisotopic (exact) mass is 575 g/mol. The van der Waals surface area contributed by atoms with Crippen molar-refractivity contribution in [3.8, 4) is 5.82 Å². The van der Waals surface area contributed by atoms with Crippen molar-refractivity contribution in [1.29, 1.82) is 0 Å². The van der Waals surface area contributed by atoms with Crippen LogP contribution in [-0.2, 0) is 9.53 Å². The van der Waals surface area contributed by atoms with Crippen LogP contribution in [0.4, 0.5) is 16.0 Å². The average Bonchev–Trinajstić information content (AvgIpc) is 3.74. The average molecular weight is 576 g/mol. The van der Waals surface area contributed by atoms with Gasteiger partial charge in [0, 0.05) is 37.1 Å². The van der Waals surface area contributed by atoms with E-state index in [1.165, 1.54) is 10.9 Å². The molecule has 11 nitrogen and oxygen atoms in total. The van der Waals surface area contributed by atoms with Crippen LogP contribution in [0.25, 0.3) is 16.0 Å². The number of anilines is 2. The van der Waals surface area contributed by atoms with Gasteiger partial charge in [0.1, 0.15) is 16.9 Å². The number of carbonyl (C=O) groups excluding carboxylic acids is 1. The van der Waals surface area contributed by atoms with Gasteiger partial charge in [-0.05, 0) is 51.2 Å². The van der Waals surface area contributed by atoms with Crippen molar-refractivity contribution >= 4 is 39.1 Å². The van der Waals surface area contributed by atoms with Crippen LogP contribution >= 0.6 is 11.3 Å². The molecule has 3 N–H and O–H groups in total. The Morgan fingerprint density at radius 1 is 1.22 bits per heavy atom. The zero-order chi connectivity index (χ0) is 28.6. The van der Waals surface area contributed by atoms with E-state index in [-0.39, 0.29) is 17.9 Å². The zero-order valence-corrected chi connectivity index (χ0v) is 23.7. The Morgan fingerprint density at radius 2 is 2.05 bits per heavy atom. The predicted octanol–water partition coefficient (Wildman–Crippen LogP) is 5.11. The van der Waals surface area contributed by atoms with Gasteiger partial charge in [-0.25, -0.2) is 24.0 Å². The highest BCUT2D eigenvalue weighted by Gasteiger charge is 2.43. The summed E-state index contributed by atoms with van der Waals surface area (Å²) >= 11 is 1.58. The lowest BCUT2D eigenvalue weighted by atomic mass is 9.76. The molecule has 0 spiro atoms. The molecule has 0 saturated heterocycles. The maximum atomic E-state index is 13.5. The van der Waals surface area contributed by atoms with Gasteiger partial charge in [-0.15, -0.1) is 11.3 Å². The summed E-state index contributed by atoms with van der Waals surface area (Å²) in [4.78, 5) is 27.5. The number of thiazole rings is 1. The second-order valence-electron chi connectivity index (χ2n) is 10.4. The van der Waals surface area contributed by atoms with Gasteiger partial charge in [0.15, 0.2) is 17.5 Å². The molecule has 5 aromatic heterocycles. The van der Waals surface area contributed by atoms with Crippen molar-refractivity contribution in [2.75, 3.05) is 12.4 Å². The third-order valence-electron chi connectivity index (χ3n) is 7.70. The fourth-order valence-electron chi connectivity index (χ4n) is 5.36. The fourth-order valence-corrected chi connectivity index (χ4v) is 6.08. The second-order valence-corrected chi connectivity index (χ2v) is 11.3. The topological polar surface area (TPSA) is 136 Å². The molecule has 1 saturated carbocycles. The van der Waals surface area contributed by atoms with Crippen molar-refractivity contribution in [2.45, 2.75) is 57.1 Å². The number of aryl methyl sites for hydroxylation is 1. The third kappa shape index (κ3) is 5.42. The van der Waals surface area contributed by atoms with E-state index in [0.29, 0.717) is 24.5 Å². The van der Waals surface area contributed by atoms with E-state index in [4.69, 9.17) is 9.72 Å². The molecule has 1 fully saturated rings. The van der Waals surface area contributed by atoms with Crippen LogP contribution in [0.3, 0.4) is 0 Å². The molecule has 0 aromatic carbocycles. The summed E-state index contributed by atoms with van der Waals surface area (Å²) in [6.45, 7) is 3.85. The lowest BCUT2D eigenvalue weighted by Crippen LogP contribution is -2.50. The van der Waals surface area contributed by atoms with Crippen LogP contribution in [0, 0.1) is 12.7 Å². The van der Waals surface area contributed by atoms with Crippen LogP contribution in [0.2, 0.25) is 0 Å². The number of H-pyrrole nitrogens is 1. The number of amides is 1. The fraction of sp³-hybridized carbons (Fsp3) is 0.357. The van der Waals surface area contributed by atoms with Crippen molar-refractivity contribution < 1.29 is 13.9 Å². The van der Waals surface area contributed by atoms with Gasteiger partial charge < -0.3 is 15.4 Å². The summed E-state index contributed by atoms with van der Waals surface area (Å²) in [5.74, 6) is 1.47. The van der Waals surface area contributed by atoms with E-state index >= 15 is 0 Å². The lowest BCUT2D eigenvalue weighted by molar-refractivity contribution is -0.148. The number of hydrogen-bond donors (Lipinski definition) is 3. The van der Waals surface area contributed by atoms with Crippen LogP contribution < -0.4 is 10.6 Å². The Hall–Kier alpha value is -4.23. The van der Waals surface area contributed by atoms with E-state index in [1.807, 2.05) is 37.6 Å². The van der Waals surface area contributed by atoms with Gasteiger partial charge in [-0.1, -0.05) is 6.07 Å². The Labute approximate surface area is 239 Å². The van der Waals surface area contributed by atoms with Crippen LogP contribution in [-0.4, -0.2) is 53.5 Å². The van der Waals surface area contributed by atoms with E-state index in [1.54, 1.807) is 30.7 Å². The highest BCUT2D eigenvalue weighted by molar-refractivity contribution is 7.16. The zero-order valence-electron chi connectivity index (χ0n) is 22.9. The maximum Gasteiger partial charge on any atom is 0.252 e.